The van der Waals surface area contributed by atoms with Crippen molar-refractivity contribution in [3.05, 3.63) is 105 Å². The standard InChI is InChI=1S/C30H30/c1-5-6-7-8-29-22-28(18-17-26-13-9-23(2)10-14-26)21-25(4)30(29)20-19-27-15-11-24(3)12-16-27/h9-16,21-22H,5-8H2,1-4H3. The van der Waals surface area contributed by atoms with Crippen LogP contribution in [0.3, 0.4) is 0 Å². The minimum absolute atomic E-state index is 1.05. The van der Waals surface area contributed by atoms with Crippen LogP contribution in [0.5, 0.6) is 0 Å². The number of hydrogen-bond acceptors (Lipinski definition) is 0. The predicted octanol–water partition coefficient (Wildman–Crippen LogP) is 7.14. The second kappa shape index (κ2) is 10.5. The molecule has 3 rings (SSSR count). The highest BCUT2D eigenvalue weighted by atomic mass is 14.1. The maximum absolute atomic E-state index is 3.45. The van der Waals surface area contributed by atoms with Crippen molar-refractivity contribution in [2.75, 3.05) is 0 Å². The van der Waals surface area contributed by atoms with Gasteiger partial charge in [0, 0.05) is 22.3 Å². The van der Waals surface area contributed by atoms with Gasteiger partial charge in [-0.3, -0.25) is 0 Å². The van der Waals surface area contributed by atoms with Gasteiger partial charge in [-0.1, -0.05) is 78.8 Å². The highest BCUT2D eigenvalue weighted by Gasteiger charge is 2.06. The number of aryl methyl sites for hydroxylation is 4. The van der Waals surface area contributed by atoms with Gasteiger partial charge in [0.1, 0.15) is 0 Å². The summed E-state index contributed by atoms with van der Waals surface area (Å²) >= 11 is 0. The number of unbranched alkanes of at least 4 members (excludes halogenated alkanes) is 2. The van der Waals surface area contributed by atoms with Gasteiger partial charge in [0.2, 0.25) is 0 Å². The number of benzene rings is 3. The summed E-state index contributed by atoms with van der Waals surface area (Å²) in [5.41, 5.74) is 9.37. The molecule has 0 aliphatic heterocycles. The van der Waals surface area contributed by atoms with E-state index < -0.39 is 0 Å². The summed E-state index contributed by atoms with van der Waals surface area (Å²) < 4.78 is 0. The maximum atomic E-state index is 3.45. The third kappa shape index (κ3) is 6.14. The maximum Gasteiger partial charge on any atom is 0.0311 e. The van der Waals surface area contributed by atoms with Gasteiger partial charge in [-0.05, 0) is 81.1 Å². The Kier molecular flexibility index (Phi) is 7.54. The minimum atomic E-state index is 1.05. The molecule has 0 unspecified atom stereocenters. The zero-order valence-corrected chi connectivity index (χ0v) is 18.6. The molecule has 0 bridgehead atoms. The summed E-state index contributed by atoms with van der Waals surface area (Å²) in [5, 5.41) is 0. The molecule has 0 nitrogen and oxygen atoms in total. The summed E-state index contributed by atoms with van der Waals surface area (Å²) in [6.45, 7) is 8.59. The van der Waals surface area contributed by atoms with Crippen LogP contribution in [0.25, 0.3) is 0 Å². The summed E-state index contributed by atoms with van der Waals surface area (Å²) in [7, 11) is 0. The molecule has 0 radical (unpaired) electrons. The van der Waals surface area contributed by atoms with Crippen LogP contribution in [-0.2, 0) is 6.42 Å². The molecular formula is C30H30. The van der Waals surface area contributed by atoms with Crippen LogP contribution in [0.2, 0.25) is 0 Å². The average molecular weight is 391 g/mol. The van der Waals surface area contributed by atoms with Gasteiger partial charge in [-0.2, -0.15) is 0 Å². The summed E-state index contributed by atoms with van der Waals surface area (Å²) in [6, 6.07) is 21.2. The minimum Gasteiger partial charge on any atom is -0.0654 e. The molecule has 3 aromatic carbocycles. The van der Waals surface area contributed by atoms with E-state index in [2.05, 4.69) is 112 Å². The molecule has 0 aromatic heterocycles. The topological polar surface area (TPSA) is 0 Å². The second-order valence-corrected chi connectivity index (χ2v) is 8.02. The second-order valence-electron chi connectivity index (χ2n) is 8.02. The molecule has 0 heterocycles. The van der Waals surface area contributed by atoms with E-state index in [4.69, 9.17) is 0 Å². The Balaban J connectivity index is 1.94. The van der Waals surface area contributed by atoms with Crippen molar-refractivity contribution in [3.63, 3.8) is 0 Å². The molecule has 0 amide bonds. The van der Waals surface area contributed by atoms with E-state index in [0.29, 0.717) is 0 Å². The molecule has 3 aromatic rings. The van der Waals surface area contributed by atoms with Crippen LogP contribution in [0.1, 0.15) is 70.7 Å². The van der Waals surface area contributed by atoms with Crippen LogP contribution in [-0.4, -0.2) is 0 Å². The Morgan fingerprint density at radius 3 is 1.70 bits per heavy atom. The lowest BCUT2D eigenvalue weighted by Crippen LogP contribution is -1.96. The van der Waals surface area contributed by atoms with Gasteiger partial charge in [-0.25, -0.2) is 0 Å². The van der Waals surface area contributed by atoms with Crippen molar-refractivity contribution in [3.8, 4) is 23.7 Å². The van der Waals surface area contributed by atoms with Gasteiger partial charge < -0.3 is 0 Å². The molecule has 0 aliphatic carbocycles. The molecule has 30 heavy (non-hydrogen) atoms. The Labute approximate surface area is 182 Å². The Morgan fingerprint density at radius 1 is 0.600 bits per heavy atom. The van der Waals surface area contributed by atoms with Gasteiger partial charge in [-0.15, -0.1) is 0 Å². The summed E-state index contributed by atoms with van der Waals surface area (Å²) in [6.07, 6.45) is 4.69. The fourth-order valence-electron chi connectivity index (χ4n) is 3.43. The summed E-state index contributed by atoms with van der Waals surface area (Å²) in [4.78, 5) is 0. The van der Waals surface area contributed by atoms with Crippen LogP contribution in [0, 0.1) is 44.5 Å². The van der Waals surface area contributed by atoms with Crippen LogP contribution in [0.4, 0.5) is 0 Å². The Morgan fingerprint density at radius 2 is 1.13 bits per heavy atom. The van der Waals surface area contributed by atoms with E-state index in [0.717, 1.165) is 28.7 Å². The van der Waals surface area contributed by atoms with E-state index in [9.17, 15) is 0 Å². The van der Waals surface area contributed by atoms with Crippen molar-refractivity contribution in [1.82, 2.24) is 0 Å². The fraction of sp³-hybridized carbons (Fsp3) is 0.267. The van der Waals surface area contributed by atoms with E-state index in [1.54, 1.807) is 0 Å². The SMILES string of the molecule is CCCCCc1cc(C#Cc2ccc(C)cc2)cc(C)c1C#Cc1ccc(C)cc1. The predicted molar refractivity (Wildman–Crippen MR) is 129 cm³/mol. The third-order valence-electron chi connectivity index (χ3n) is 5.25. The molecule has 0 saturated carbocycles. The van der Waals surface area contributed by atoms with Crippen molar-refractivity contribution in [1.29, 1.82) is 0 Å². The first kappa shape index (κ1) is 21.5. The zero-order valence-electron chi connectivity index (χ0n) is 18.6. The number of rotatable bonds is 4. The van der Waals surface area contributed by atoms with Gasteiger partial charge >= 0.3 is 0 Å². The lowest BCUT2D eigenvalue weighted by atomic mass is 9.94. The van der Waals surface area contributed by atoms with Crippen LogP contribution < -0.4 is 0 Å². The van der Waals surface area contributed by atoms with E-state index in [1.165, 1.54) is 41.5 Å². The fourth-order valence-corrected chi connectivity index (χ4v) is 3.43. The molecule has 0 N–H and O–H groups in total. The molecule has 0 saturated heterocycles. The van der Waals surface area contributed by atoms with Crippen molar-refractivity contribution in [2.45, 2.75) is 53.4 Å². The zero-order chi connectivity index (χ0) is 21.3. The van der Waals surface area contributed by atoms with Crippen LogP contribution in [0.15, 0.2) is 60.7 Å². The average Bonchev–Trinajstić information content (AvgIpc) is 2.74. The molecule has 0 heteroatoms. The summed E-state index contributed by atoms with van der Waals surface area (Å²) in [5.74, 6) is 13.5. The highest BCUT2D eigenvalue weighted by molar-refractivity contribution is 5.55. The third-order valence-corrected chi connectivity index (χ3v) is 5.25. The molecule has 150 valence electrons. The first-order valence-electron chi connectivity index (χ1n) is 10.9. The highest BCUT2D eigenvalue weighted by Crippen LogP contribution is 2.19. The van der Waals surface area contributed by atoms with Crippen molar-refractivity contribution in [2.24, 2.45) is 0 Å². The molecule has 0 aliphatic rings. The largest absolute Gasteiger partial charge is 0.0654 e. The molecule has 0 atom stereocenters. The lowest BCUT2D eigenvalue weighted by Gasteiger charge is -2.09. The first-order valence-corrected chi connectivity index (χ1v) is 10.9. The number of hydrogen-bond donors (Lipinski definition) is 0. The Bertz CT molecular complexity index is 1110. The smallest absolute Gasteiger partial charge is 0.0311 e. The molecule has 0 spiro atoms. The van der Waals surface area contributed by atoms with Crippen molar-refractivity contribution >= 4 is 0 Å². The van der Waals surface area contributed by atoms with Gasteiger partial charge in [0.25, 0.3) is 0 Å². The normalized spacial score (nSPS) is 10.0. The quantitative estimate of drug-likeness (QED) is 0.328. The van der Waals surface area contributed by atoms with Crippen molar-refractivity contribution < 1.29 is 0 Å². The van der Waals surface area contributed by atoms with Gasteiger partial charge in [0.05, 0.1) is 0 Å². The lowest BCUT2D eigenvalue weighted by molar-refractivity contribution is 0.716. The monoisotopic (exact) mass is 390 g/mol. The Hall–Kier alpha value is -3.22. The van der Waals surface area contributed by atoms with Gasteiger partial charge in [0.15, 0.2) is 0 Å². The van der Waals surface area contributed by atoms with E-state index in [1.807, 2.05) is 0 Å². The molecule has 0 fully saturated rings. The van der Waals surface area contributed by atoms with Crippen LogP contribution >= 0.6 is 0 Å². The molecular weight excluding hydrogens is 360 g/mol. The first-order chi connectivity index (χ1) is 14.5. The van der Waals surface area contributed by atoms with E-state index >= 15 is 0 Å². The van der Waals surface area contributed by atoms with E-state index in [-0.39, 0.29) is 0 Å².